The van der Waals surface area contributed by atoms with E-state index in [1.807, 2.05) is 41.3 Å². The molecule has 2 heterocycles. The highest BCUT2D eigenvalue weighted by molar-refractivity contribution is 5.83. The number of aromatic amines is 1. The van der Waals surface area contributed by atoms with E-state index in [0.29, 0.717) is 19.4 Å². The number of benzene rings is 3. The number of hydrogen-bond acceptors (Lipinski definition) is 4. The second-order valence-electron chi connectivity index (χ2n) is 8.07. The van der Waals surface area contributed by atoms with Crippen LogP contribution >= 0.6 is 0 Å². The minimum Gasteiger partial charge on any atom is -0.508 e. The minimum absolute atomic E-state index is 0.104. The fraction of sp³-hybridized carbons (Fsp3) is 0.200. The van der Waals surface area contributed by atoms with Crippen molar-refractivity contribution in [3.8, 4) is 5.75 Å². The number of nitrogens with two attached hydrogens (primary N) is 1. The van der Waals surface area contributed by atoms with Crippen LogP contribution in [0.1, 0.15) is 28.6 Å². The number of aromatic nitrogens is 2. The van der Waals surface area contributed by atoms with Crippen molar-refractivity contribution in [2.24, 2.45) is 5.73 Å². The van der Waals surface area contributed by atoms with Crippen molar-refractivity contribution in [2.75, 3.05) is 0 Å². The summed E-state index contributed by atoms with van der Waals surface area (Å²) < 4.78 is 0. The average Bonchev–Trinajstić information content (AvgIpc) is 3.23. The Balaban J connectivity index is 1.47. The van der Waals surface area contributed by atoms with Crippen LogP contribution in [-0.2, 0) is 24.2 Å². The minimum atomic E-state index is -0.679. The average molecular weight is 412 g/mol. The van der Waals surface area contributed by atoms with Gasteiger partial charge in [0.1, 0.15) is 11.6 Å². The zero-order valence-corrected chi connectivity index (χ0v) is 17.0. The van der Waals surface area contributed by atoms with E-state index in [9.17, 15) is 9.90 Å². The summed E-state index contributed by atoms with van der Waals surface area (Å²) in [5.74, 6) is 0.871. The molecule has 0 saturated carbocycles. The zero-order valence-electron chi connectivity index (χ0n) is 17.0. The molecular formula is C25H24N4O2. The Bertz CT molecular complexity index is 1200. The SMILES string of the molecule is N[C@@H](Cc1ccc(O)cc1)C(=O)N1Cc2ccccc2C[C@@H]1c1nc2ccccc2[nH]1. The number of rotatable bonds is 4. The predicted octanol–water partition coefficient (Wildman–Crippen LogP) is 3.46. The summed E-state index contributed by atoms with van der Waals surface area (Å²) in [6.07, 6.45) is 1.10. The summed E-state index contributed by atoms with van der Waals surface area (Å²) in [4.78, 5) is 23.5. The van der Waals surface area contributed by atoms with Gasteiger partial charge in [0.05, 0.1) is 23.1 Å². The van der Waals surface area contributed by atoms with Gasteiger partial charge in [0.25, 0.3) is 0 Å². The first-order chi connectivity index (χ1) is 15.1. The van der Waals surface area contributed by atoms with Crippen LogP contribution < -0.4 is 5.73 Å². The fourth-order valence-corrected chi connectivity index (χ4v) is 4.32. The number of carbonyl (C=O) groups is 1. The first-order valence-corrected chi connectivity index (χ1v) is 10.4. The van der Waals surface area contributed by atoms with E-state index in [0.717, 1.165) is 28.0 Å². The van der Waals surface area contributed by atoms with Gasteiger partial charge in [-0.25, -0.2) is 4.98 Å². The Hall–Kier alpha value is -3.64. The van der Waals surface area contributed by atoms with Gasteiger partial charge in [0, 0.05) is 13.0 Å². The standard InChI is InChI=1S/C25H24N4O2/c26-20(13-16-9-11-19(30)12-10-16)25(31)29-15-18-6-2-1-5-17(18)14-23(29)24-27-21-7-3-4-8-22(21)28-24/h1-12,20,23,30H,13-15,26H2,(H,27,28)/t20-,23+/m0/s1. The zero-order chi connectivity index (χ0) is 21.4. The summed E-state index contributed by atoms with van der Waals surface area (Å²) >= 11 is 0. The molecule has 0 aliphatic carbocycles. The van der Waals surface area contributed by atoms with Crippen molar-refractivity contribution in [3.63, 3.8) is 0 Å². The molecule has 1 aliphatic heterocycles. The highest BCUT2D eigenvalue weighted by Gasteiger charge is 2.35. The maximum atomic E-state index is 13.5. The van der Waals surface area contributed by atoms with E-state index in [1.54, 1.807) is 24.3 Å². The lowest BCUT2D eigenvalue weighted by Gasteiger charge is -2.37. The normalized spacial score (nSPS) is 16.8. The molecule has 31 heavy (non-hydrogen) atoms. The van der Waals surface area contributed by atoms with E-state index >= 15 is 0 Å². The molecule has 0 saturated heterocycles. The Labute approximate surface area is 180 Å². The molecule has 6 heteroatoms. The molecule has 0 fully saturated rings. The molecule has 0 bridgehead atoms. The van der Waals surface area contributed by atoms with Crippen LogP contribution in [0.3, 0.4) is 0 Å². The third-order valence-corrected chi connectivity index (χ3v) is 5.96. The molecule has 156 valence electrons. The van der Waals surface area contributed by atoms with Crippen LogP contribution in [0, 0.1) is 0 Å². The van der Waals surface area contributed by atoms with Crippen molar-refractivity contribution in [3.05, 3.63) is 95.3 Å². The van der Waals surface area contributed by atoms with Gasteiger partial charge < -0.3 is 20.7 Å². The molecule has 4 N–H and O–H groups in total. The first-order valence-electron chi connectivity index (χ1n) is 10.4. The Morgan fingerprint density at radius 2 is 1.77 bits per heavy atom. The number of fused-ring (bicyclic) bond motifs is 2. The lowest BCUT2D eigenvalue weighted by molar-refractivity contribution is -0.136. The van der Waals surface area contributed by atoms with Gasteiger partial charge in [0.15, 0.2) is 0 Å². The molecule has 1 amide bonds. The molecule has 6 nitrogen and oxygen atoms in total. The van der Waals surface area contributed by atoms with Crippen LogP contribution in [0.15, 0.2) is 72.8 Å². The van der Waals surface area contributed by atoms with Crippen molar-refractivity contribution >= 4 is 16.9 Å². The van der Waals surface area contributed by atoms with E-state index in [-0.39, 0.29) is 17.7 Å². The predicted molar refractivity (Wildman–Crippen MR) is 119 cm³/mol. The van der Waals surface area contributed by atoms with E-state index < -0.39 is 6.04 Å². The van der Waals surface area contributed by atoms with Gasteiger partial charge in [-0.1, -0.05) is 48.5 Å². The Morgan fingerprint density at radius 1 is 1.06 bits per heavy atom. The summed E-state index contributed by atoms with van der Waals surface area (Å²) in [5.41, 5.74) is 11.5. The lowest BCUT2D eigenvalue weighted by atomic mass is 9.92. The smallest absolute Gasteiger partial charge is 0.240 e. The van der Waals surface area contributed by atoms with Gasteiger partial charge in [-0.3, -0.25) is 4.79 Å². The number of amides is 1. The molecule has 0 radical (unpaired) electrons. The second kappa shape index (κ2) is 7.89. The maximum Gasteiger partial charge on any atom is 0.240 e. The third kappa shape index (κ3) is 3.78. The van der Waals surface area contributed by atoms with E-state index in [2.05, 4.69) is 17.1 Å². The van der Waals surface area contributed by atoms with Crippen molar-refractivity contribution < 1.29 is 9.90 Å². The molecule has 1 aliphatic rings. The Morgan fingerprint density at radius 3 is 2.55 bits per heavy atom. The van der Waals surface area contributed by atoms with Gasteiger partial charge in [-0.2, -0.15) is 0 Å². The quantitative estimate of drug-likeness (QED) is 0.478. The van der Waals surface area contributed by atoms with Crippen LogP contribution in [0.4, 0.5) is 0 Å². The molecule has 3 aromatic carbocycles. The summed E-state index contributed by atoms with van der Waals surface area (Å²) in [6.45, 7) is 0.500. The lowest BCUT2D eigenvalue weighted by Crippen LogP contribution is -2.48. The number of H-pyrrole nitrogens is 1. The molecular weight excluding hydrogens is 388 g/mol. The van der Waals surface area contributed by atoms with E-state index in [4.69, 9.17) is 10.7 Å². The molecule has 4 aromatic rings. The van der Waals surface area contributed by atoms with Gasteiger partial charge in [-0.15, -0.1) is 0 Å². The monoisotopic (exact) mass is 412 g/mol. The number of para-hydroxylation sites is 2. The summed E-state index contributed by atoms with van der Waals surface area (Å²) in [6, 6.07) is 22.0. The number of imidazole rings is 1. The van der Waals surface area contributed by atoms with Crippen LogP contribution in [0.2, 0.25) is 0 Å². The van der Waals surface area contributed by atoms with Crippen molar-refractivity contribution in [2.45, 2.75) is 31.5 Å². The topological polar surface area (TPSA) is 95.2 Å². The van der Waals surface area contributed by atoms with E-state index in [1.165, 1.54) is 5.56 Å². The molecule has 1 aromatic heterocycles. The number of nitrogens with zero attached hydrogens (tertiary/aromatic N) is 2. The van der Waals surface area contributed by atoms with Crippen LogP contribution in [-0.4, -0.2) is 31.9 Å². The molecule has 0 unspecified atom stereocenters. The highest BCUT2D eigenvalue weighted by Crippen LogP contribution is 2.33. The van der Waals surface area contributed by atoms with Crippen LogP contribution in [0.25, 0.3) is 11.0 Å². The van der Waals surface area contributed by atoms with Crippen LogP contribution in [0.5, 0.6) is 5.75 Å². The fourth-order valence-electron chi connectivity index (χ4n) is 4.32. The molecule has 2 atom stereocenters. The highest BCUT2D eigenvalue weighted by atomic mass is 16.3. The molecule has 0 spiro atoms. The number of phenols is 1. The van der Waals surface area contributed by atoms with Gasteiger partial charge in [0.2, 0.25) is 5.91 Å². The van der Waals surface area contributed by atoms with Crippen molar-refractivity contribution in [1.82, 2.24) is 14.9 Å². The number of phenolic OH excluding ortho intramolecular Hbond substituents is 1. The first kappa shape index (κ1) is 19.3. The number of nitrogens with one attached hydrogen (secondary N) is 1. The number of carbonyl (C=O) groups excluding carboxylic acids is 1. The second-order valence-corrected chi connectivity index (χ2v) is 8.07. The van der Waals surface area contributed by atoms with Gasteiger partial charge >= 0.3 is 0 Å². The van der Waals surface area contributed by atoms with Gasteiger partial charge in [-0.05, 0) is 47.4 Å². The third-order valence-electron chi connectivity index (χ3n) is 5.96. The summed E-state index contributed by atoms with van der Waals surface area (Å²) in [5, 5.41) is 9.50. The summed E-state index contributed by atoms with van der Waals surface area (Å²) in [7, 11) is 0. The largest absolute Gasteiger partial charge is 0.508 e. The number of hydrogen-bond donors (Lipinski definition) is 3. The maximum absolute atomic E-state index is 13.5. The molecule has 5 rings (SSSR count). The van der Waals surface area contributed by atoms with Crippen molar-refractivity contribution in [1.29, 1.82) is 0 Å². The Kier molecular flexibility index (Phi) is 4.92. The number of aromatic hydroxyl groups is 1.